The van der Waals surface area contributed by atoms with Crippen molar-refractivity contribution in [2.45, 2.75) is 19.8 Å². The predicted molar refractivity (Wildman–Crippen MR) is 99.5 cm³/mol. The summed E-state index contributed by atoms with van der Waals surface area (Å²) >= 11 is 5.95. The standard InChI is InChI=1S/C19H21ClN2O3/c1-2-3-12-24-16-10-8-15(9-11-16)13-21-22-19(23)14-25-18-7-5-4-6-17(18)20/h4-11,13H,2-3,12,14H2,1H3,(H,22,23)/b21-13-. The fraction of sp³-hybridized carbons (Fsp3) is 0.263. The number of ether oxygens (including phenoxy) is 2. The largest absolute Gasteiger partial charge is 0.494 e. The van der Waals surface area contributed by atoms with Gasteiger partial charge in [0.05, 0.1) is 17.8 Å². The number of halogens is 1. The first-order valence-corrected chi connectivity index (χ1v) is 8.49. The van der Waals surface area contributed by atoms with E-state index < -0.39 is 0 Å². The lowest BCUT2D eigenvalue weighted by Crippen LogP contribution is -2.24. The number of carbonyl (C=O) groups is 1. The molecule has 0 radical (unpaired) electrons. The number of unbranched alkanes of at least 4 members (excludes halogenated alkanes) is 1. The molecule has 0 saturated heterocycles. The summed E-state index contributed by atoms with van der Waals surface area (Å²) in [4.78, 5) is 11.7. The summed E-state index contributed by atoms with van der Waals surface area (Å²) in [6, 6.07) is 14.5. The van der Waals surface area contributed by atoms with Crippen LogP contribution >= 0.6 is 11.6 Å². The molecule has 2 rings (SSSR count). The molecule has 0 aliphatic carbocycles. The van der Waals surface area contributed by atoms with Crippen molar-refractivity contribution >= 4 is 23.7 Å². The lowest BCUT2D eigenvalue weighted by molar-refractivity contribution is -0.123. The number of nitrogens with zero attached hydrogens (tertiary/aromatic N) is 1. The van der Waals surface area contributed by atoms with Crippen LogP contribution in [0, 0.1) is 0 Å². The van der Waals surface area contributed by atoms with E-state index in [0.29, 0.717) is 17.4 Å². The molecule has 0 heterocycles. The second kappa shape index (κ2) is 10.4. The van der Waals surface area contributed by atoms with Crippen molar-refractivity contribution in [3.05, 3.63) is 59.1 Å². The summed E-state index contributed by atoms with van der Waals surface area (Å²) in [5, 5.41) is 4.36. The first-order chi connectivity index (χ1) is 12.2. The van der Waals surface area contributed by atoms with Crippen molar-refractivity contribution < 1.29 is 14.3 Å². The van der Waals surface area contributed by atoms with Crippen molar-refractivity contribution in [3.8, 4) is 11.5 Å². The van der Waals surface area contributed by atoms with Crippen LogP contribution in [0.3, 0.4) is 0 Å². The van der Waals surface area contributed by atoms with Crippen molar-refractivity contribution in [2.75, 3.05) is 13.2 Å². The first-order valence-electron chi connectivity index (χ1n) is 8.11. The van der Waals surface area contributed by atoms with Gasteiger partial charge in [0.25, 0.3) is 5.91 Å². The molecule has 0 saturated carbocycles. The monoisotopic (exact) mass is 360 g/mol. The maximum absolute atomic E-state index is 11.7. The van der Waals surface area contributed by atoms with Crippen molar-refractivity contribution in [3.63, 3.8) is 0 Å². The molecule has 0 bridgehead atoms. The zero-order chi connectivity index (χ0) is 17.9. The highest BCUT2D eigenvalue weighted by molar-refractivity contribution is 6.32. The van der Waals surface area contributed by atoms with E-state index in [1.54, 1.807) is 30.5 Å². The number of carbonyl (C=O) groups excluding carboxylic acids is 1. The highest BCUT2D eigenvalue weighted by Gasteiger charge is 2.04. The number of nitrogens with one attached hydrogen (secondary N) is 1. The van der Waals surface area contributed by atoms with Gasteiger partial charge in [0, 0.05) is 0 Å². The summed E-state index contributed by atoms with van der Waals surface area (Å²) in [5.41, 5.74) is 3.27. The summed E-state index contributed by atoms with van der Waals surface area (Å²) in [6.07, 6.45) is 3.69. The summed E-state index contributed by atoms with van der Waals surface area (Å²) in [7, 11) is 0. The average Bonchev–Trinajstić information content (AvgIpc) is 2.62. The van der Waals surface area contributed by atoms with Gasteiger partial charge in [-0.1, -0.05) is 37.1 Å². The van der Waals surface area contributed by atoms with Crippen LogP contribution in [0.15, 0.2) is 53.6 Å². The summed E-state index contributed by atoms with van der Waals surface area (Å²) in [5.74, 6) is 0.917. The average molecular weight is 361 g/mol. The maximum atomic E-state index is 11.7. The van der Waals surface area contributed by atoms with E-state index in [1.165, 1.54) is 0 Å². The molecule has 0 spiro atoms. The molecule has 0 unspecified atom stereocenters. The smallest absolute Gasteiger partial charge is 0.277 e. The third-order valence-corrected chi connectivity index (χ3v) is 3.56. The van der Waals surface area contributed by atoms with Crippen LogP contribution in [0.4, 0.5) is 0 Å². The molecule has 2 aromatic rings. The van der Waals surface area contributed by atoms with Crippen LogP contribution in [-0.4, -0.2) is 25.3 Å². The SMILES string of the molecule is CCCCOc1ccc(/C=N\NC(=O)COc2ccccc2Cl)cc1. The van der Waals surface area contributed by atoms with E-state index >= 15 is 0 Å². The molecule has 0 aromatic heterocycles. The van der Waals surface area contributed by atoms with E-state index in [1.807, 2.05) is 24.3 Å². The minimum Gasteiger partial charge on any atom is -0.494 e. The van der Waals surface area contributed by atoms with Crippen LogP contribution in [0.5, 0.6) is 11.5 Å². The Morgan fingerprint density at radius 2 is 1.92 bits per heavy atom. The van der Waals surface area contributed by atoms with Gasteiger partial charge in [-0.3, -0.25) is 4.79 Å². The van der Waals surface area contributed by atoms with Crippen molar-refractivity contribution in [2.24, 2.45) is 5.10 Å². The molecule has 5 nitrogen and oxygen atoms in total. The van der Waals surface area contributed by atoms with Crippen molar-refractivity contribution in [1.29, 1.82) is 0 Å². The Hall–Kier alpha value is -2.53. The van der Waals surface area contributed by atoms with E-state index in [2.05, 4.69) is 17.5 Å². The third kappa shape index (κ3) is 6.85. The summed E-state index contributed by atoms with van der Waals surface area (Å²) in [6.45, 7) is 2.67. The highest BCUT2D eigenvalue weighted by atomic mass is 35.5. The number of rotatable bonds is 9. The van der Waals surface area contributed by atoms with Crippen LogP contribution < -0.4 is 14.9 Å². The Labute approximate surface area is 152 Å². The zero-order valence-corrected chi connectivity index (χ0v) is 14.8. The molecular formula is C19H21ClN2O3. The molecule has 2 aromatic carbocycles. The Morgan fingerprint density at radius 1 is 1.16 bits per heavy atom. The van der Waals surface area contributed by atoms with Gasteiger partial charge in [0.2, 0.25) is 0 Å². The molecule has 6 heteroatoms. The van der Waals surface area contributed by atoms with E-state index in [-0.39, 0.29) is 12.5 Å². The number of hydrazone groups is 1. The quantitative estimate of drug-likeness (QED) is 0.417. The molecular weight excluding hydrogens is 340 g/mol. The molecule has 0 aliphatic rings. The first kappa shape index (κ1) is 18.8. The number of para-hydroxylation sites is 1. The van der Waals surface area contributed by atoms with Gasteiger partial charge in [-0.15, -0.1) is 0 Å². The van der Waals surface area contributed by atoms with Gasteiger partial charge < -0.3 is 9.47 Å². The number of benzene rings is 2. The van der Waals surface area contributed by atoms with Crippen LogP contribution in [0.2, 0.25) is 5.02 Å². The minimum absolute atomic E-state index is 0.161. The Kier molecular flexibility index (Phi) is 7.79. The fourth-order valence-corrected chi connectivity index (χ4v) is 2.09. The minimum atomic E-state index is -0.365. The van der Waals surface area contributed by atoms with Gasteiger partial charge in [0.1, 0.15) is 11.5 Å². The number of amides is 1. The van der Waals surface area contributed by atoms with E-state index in [9.17, 15) is 4.79 Å². The normalized spacial score (nSPS) is 10.6. The van der Waals surface area contributed by atoms with Crippen molar-refractivity contribution in [1.82, 2.24) is 5.43 Å². The third-order valence-electron chi connectivity index (χ3n) is 3.25. The lowest BCUT2D eigenvalue weighted by atomic mass is 10.2. The number of hydrogen-bond donors (Lipinski definition) is 1. The van der Waals surface area contributed by atoms with Gasteiger partial charge in [-0.2, -0.15) is 5.10 Å². The van der Waals surface area contributed by atoms with Gasteiger partial charge in [0.15, 0.2) is 6.61 Å². The molecule has 25 heavy (non-hydrogen) atoms. The molecule has 0 fully saturated rings. The Balaban J connectivity index is 1.74. The zero-order valence-electron chi connectivity index (χ0n) is 14.1. The van der Waals surface area contributed by atoms with Crippen LogP contribution in [-0.2, 0) is 4.79 Å². The lowest BCUT2D eigenvalue weighted by Gasteiger charge is -2.06. The second-order valence-corrected chi connectivity index (χ2v) is 5.69. The second-order valence-electron chi connectivity index (χ2n) is 5.28. The fourth-order valence-electron chi connectivity index (χ4n) is 1.90. The van der Waals surface area contributed by atoms with E-state index in [0.717, 1.165) is 24.2 Å². The summed E-state index contributed by atoms with van der Waals surface area (Å²) < 4.78 is 10.9. The predicted octanol–water partition coefficient (Wildman–Crippen LogP) is 4.05. The molecule has 132 valence electrons. The van der Waals surface area contributed by atoms with Crippen LogP contribution in [0.25, 0.3) is 0 Å². The Bertz CT molecular complexity index is 702. The topological polar surface area (TPSA) is 59.9 Å². The molecule has 0 atom stereocenters. The molecule has 0 aliphatic heterocycles. The van der Waals surface area contributed by atoms with Crippen LogP contribution in [0.1, 0.15) is 25.3 Å². The Morgan fingerprint density at radius 3 is 2.64 bits per heavy atom. The van der Waals surface area contributed by atoms with Gasteiger partial charge in [-0.05, 0) is 48.4 Å². The number of hydrogen-bond acceptors (Lipinski definition) is 4. The maximum Gasteiger partial charge on any atom is 0.277 e. The van der Waals surface area contributed by atoms with E-state index in [4.69, 9.17) is 21.1 Å². The molecule has 1 N–H and O–H groups in total. The van der Waals surface area contributed by atoms with Gasteiger partial charge in [-0.25, -0.2) is 5.43 Å². The highest BCUT2D eigenvalue weighted by Crippen LogP contribution is 2.22. The molecule has 1 amide bonds. The van der Waals surface area contributed by atoms with Gasteiger partial charge >= 0.3 is 0 Å².